The highest BCUT2D eigenvalue weighted by Crippen LogP contribution is 2.31. The van der Waals surface area contributed by atoms with Crippen molar-refractivity contribution in [3.8, 4) is 6.07 Å². The number of amides is 4. The van der Waals surface area contributed by atoms with Crippen LogP contribution in [0.2, 0.25) is 0 Å². The number of benzene rings is 2. The first-order valence-electron chi connectivity index (χ1n) is 10.2. The van der Waals surface area contributed by atoms with E-state index in [2.05, 4.69) is 21.7 Å². The van der Waals surface area contributed by atoms with Crippen molar-refractivity contribution >= 4 is 23.6 Å². The molecule has 0 spiro atoms. The van der Waals surface area contributed by atoms with Crippen molar-refractivity contribution in [2.24, 2.45) is 10.9 Å². The minimum absolute atomic E-state index is 0.00266. The highest BCUT2D eigenvalue weighted by molar-refractivity contribution is 6.08. The molecule has 7 nitrogen and oxygen atoms in total. The summed E-state index contributed by atoms with van der Waals surface area (Å²) in [6.45, 7) is 0.344. The maximum absolute atomic E-state index is 12.9. The fourth-order valence-corrected chi connectivity index (χ4v) is 4.15. The molecule has 4 rings (SSSR count). The van der Waals surface area contributed by atoms with Gasteiger partial charge in [0.25, 0.3) is 0 Å². The van der Waals surface area contributed by atoms with Crippen molar-refractivity contribution in [1.82, 2.24) is 10.2 Å². The predicted molar refractivity (Wildman–Crippen MR) is 114 cm³/mol. The lowest BCUT2D eigenvalue weighted by molar-refractivity contribution is 0.187. The Morgan fingerprint density at radius 3 is 2.67 bits per heavy atom. The first-order chi connectivity index (χ1) is 14.7. The van der Waals surface area contributed by atoms with Gasteiger partial charge < -0.3 is 10.6 Å². The third-order valence-electron chi connectivity index (χ3n) is 5.62. The van der Waals surface area contributed by atoms with Crippen LogP contribution in [0.25, 0.3) is 0 Å². The third-order valence-corrected chi connectivity index (χ3v) is 5.62. The fraction of sp³-hybridized carbons (Fsp3) is 0.304. The van der Waals surface area contributed by atoms with Gasteiger partial charge in [-0.05, 0) is 30.5 Å². The summed E-state index contributed by atoms with van der Waals surface area (Å²) in [6, 6.07) is 17.7. The Labute approximate surface area is 175 Å². The molecule has 7 heteroatoms. The van der Waals surface area contributed by atoms with Gasteiger partial charge in [0, 0.05) is 12.0 Å². The number of nitriles is 1. The molecule has 1 saturated carbocycles. The molecule has 1 heterocycles. The van der Waals surface area contributed by atoms with Crippen molar-refractivity contribution in [1.29, 1.82) is 5.26 Å². The maximum atomic E-state index is 12.9. The maximum Gasteiger partial charge on any atom is 0.347 e. The van der Waals surface area contributed by atoms with E-state index in [0.29, 0.717) is 23.6 Å². The van der Waals surface area contributed by atoms with Crippen LogP contribution in [0.4, 0.5) is 15.3 Å². The number of urea groups is 2. The summed E-state index contributed by atoms with van der Waals surface area (Å²) < 4.78 is 0. The molecule has 2 atom stereocenters. The molecule has 1 saturated heterocycles. The molecule has 2 fully saturated rings. The zero-order chi connectivity index (χ0) is 20.9. The number of hydrogen-bond acceptors (Lipinski definition) is 3. The van der Waals surface area contributed by atoms with E-state index in [1.807, 2.05) is 30.3 Å². The molecule has 2 unspecified atom stereocenters. The average molecular weight is 401 g/mol. The second-order valence-electron chi connectivity index (χ2n) is 7.58. The molecule has 2 aliphatic rings. The van der Waals surface area contributed by atoms with Crippen LogP contribution >= 0.6 is 0 Å². The Bertz CT molecular complexity index is 1010. The molecule has 0 aromatic heterocycles. The number of anilines is 1. The van der Waals surface area contributed by atoms with Gasteiger partial charge in [0.1, 0.15) is 11.9 Å². The average Bonchev–Trinajstić information content (AvgIpc) is 2.77. The Morgan fingerprint density at radius 1 is 1.13 bits per heavy atom. The number of carbonyl (C=O) groups excluding carboxylic acids is 2. The van der Waals surface area contributed by atoms with Gasteiger partial charge >= 0.3 is 12.1 Å². The van der Waals surface area contributed by atoms with Gasteiger partial charge in [-0.2, -0.15) is 10.3 Å². The van der Waals surface area contributed by atoms with Crippen LogP contribution in [0.3, 0.4) is 0 Å². The number of rotatable bonds is 3. The third kappa shape index (κ3) is 4.18. The van der Waals surface area contributed by atoms with Gasteiger partial charge in [-0.15, -0.1) is 0 Å². The number of aliphatic imine (C=N–C) groups is 1. The smallest absolute Gasteiger partial charge is 0.334 e. The largest absolute Gasteiger partial charge is 0.347 e. The van der Waals surface area contributed by atoms with Crippen molar-refractivity contribution in [2.75, 3.05) is 5.32 Å². The molecule has 2 aromatic rings. The van der Waals surface area contributed by atoms with Crippen LogP contribution in [0.1, 0.15) is 36.8 Å². The summed E-state index contributed by atoms with van der Waals surface area (Å²) >= 11 is 0. The van der Waals surface area contributed by atoms with Crippen LogP contribution in [0, 0.1) is 17.2 Å². The van der Waals surface area contributed by atoms with Gasteiger partial charge in [-0.25, -0.2) is 9.59 Å². The van der Waals surface area contributed by atoms with E-state index in [9.17, 15) is 14.9 Å². The van der Waals surface area contributed by atoms with Gasteiger partial charge in [0.05, 0.1) is 17.8 Å². The van der Waals surface area contributed by atoms with Crippen LogP contribution in [0.5, 0.6) is 0 Å². The van der Waals surface area contributed by atoms with E-state index in [1.165, 1.54) is 0 Å². The van der Waals surface area contributed by atoms with Crippen LogP contribution in [-0.4, -0.2) is 28.8 Å². The Hall–Kier alpha value is -3.66. The van der Waals surface area contributed by atoms with Crippen molar-refractivity contribution in [3.05, 3.63) is 65.7 Å². The van der Waals surface area contributed by atoms with Crippen molar-refractivity contribution in [2.45, 2.75) is 38.3 Å². The SMILES string of the molecule is N#Cc1ccccc1NC(=O)/N=C1\C2CCCCC2NC(=O)N1Cc1ccccc1. The molecular formula is C23H23N5O2. The molecule has 1 aliphatic carbocycles. The first kappa shape index (κ1) is 19.6. The van der Waals surface area contributed by atoms with Gasteiger partial charge in [0.15, 0.2) is 0 Å². The monoisotopic (exact) mass is 401 g/mol. The summed E-state index contributed by atoms with van der Waals surface area (Å²) in [4.78, 5) is 31.5. The van der Waals surface area contributed by atoms with Gasteiger partial charge in [0.2, 0.25) is 0 Å². The highest BCUT2D eigenvalue weighted by Gasteiger charge is 2.40. The molecule has 152 valence electrons. The Kier molecular flexibility index (Phi) is 5.75. The molecule has 2 aromatic carbocycles. The zero-order valence-corrected chi connectivity index (χ0v) is 16.5. The number of nitrogens with one attached hydrogen (secondary N) is 2. The summed E-state index contributed by atoms with van der Waals surface area (Å²) in [5.41, 5.74) is 1.73. The van der Waals surface area contributed by atoms with E-state index in [-0.39, 0.29) is 18.0 Å². The predicted octanol–water partition coefficient (Wildman–Crippen LogP) is 4.27. The standard InChI is InChI=1S/C23H23N5O2/c24-14-17-10-4-6-12-19(17)25-22(29)27-21-18-11-5-7-13-20(18)26-23(30)28(21)15-16-8-2-1-3-9-16/h1-4,6,8-10,12,18,20H,5,7,11,13,15H2,(H,25,29)(H,26,30)/b27-21+. The fourth-order valence-electron chi connectivity index (χ4n) is 4.15. The molecule has 0 radical (unpaired) electrons. The van der Waals surface area contributed by atoms with Crippen LogP contribution in [-0.2, 0) is 6.54 Å². The molecule has 0 bridgehead atoms. The summed E-state index contributed by atoms with van der Waals surface area (Å²) in [6.07, 6.45) is 3.84. The number of hydrogen-bond donors (Lipinski definition) is 2. The second-order valence-corrected chi connectivity index (χ2v) is 7.58. The number of para-hydroxylation sites is 1. The van der Waals surface area contributed by atoms with Crippen molar-refractivity contribution in [3.63, 3.8) is 0 Å². The minimum Gasteiger partial charge on any atom is -0.334 e. The summed E-state index contributed by atoms with van der Waals surface area (Å²) in [7, 11) is 0. The first-order valence-corrected chi connectivity index (χ1v) is 10.2. The molecule has 30 heavy (non-hydrogen) atoms. The minimum atomic E-state index is -0.579. The Morgan fingerprint density at radius 2 is 1.87 bits per heavy atom. The molecule has 4 amide bonds. The van der Waals surface area contributed by atoms with Crippen molar-refractivity contribution < 1.29 is 9.59 Å². The lowest BCUT2D eigenvalue weighted by atomic mass is 9.82. The van der Waals surface area contributed by atoms with E-state index in [0.717, 1.165) is 31.2 Å². The van der Waals surface area contributed by atoms with Crippen LogP contribution in [0.15, 0.2) is 59.6 Å². The molecular weight excluding hydrogens is 378 g/mol. The highest BCUT2D eigenvalue weighted by atomic mass is 16.2. The summed E-state index contributed by atoms with van der Waals surface area (Å²) in [5, 5.41) is 15.0. The topological polar surface area (TPSA) is 97.6 Å². The van der Waals surface area contributed by atoms with Crippen LogP contribution < -0.4 is 10.6 Å². The number of fused-ring (bicyclic) bond motifs is 1. The molecule has 2 N–H and O–H groups in total. The quantitative estimate of drug-likeness (QED) is 0.803. The zero-order valence-electron chi connectivity index (χ0n) is 16.5. The van der Waals surface area contributed by atoms with E-state index < -0.39 is 6.03 Å². The Balaban J connectivity index is 1.64. The van der Waals surface area contributed by atoms with Gasteiger partial charge in [-0.1, -0.05) is 55.3 Å². The number of carbonyl (C=O) groups is 2. The second kappa shape index (κ2) is 8.78. The van der Waals surface area contributed by atoms with E-state index in [4.69, 9.17) is 0 Å². The van der Waals surface area contributed by atoms with E-state index in [1.54, 1.807) is 29.2 Å². The lowest BCUT2D eigenvalue weighted by Crippen LogP contribution is -2.60. The summed E-state index contributed by atoms with van der Waals surface area (Å²) in [5.74, 6) is 0.497. The molecule has 1 aliphatic heterocycles. The normalized spacial score (nSPS) is 22.0. The van der Waals surface area contributed by atoms with Gasteiger partial charge in [-0.3, -0.25) is 4.90 Å². The lowest BCUT2D eigenvalue weighted by Gasteiger charge is -2.42. The number of nitrogens with zero attached hydrogens (tertiary/aromatic N) is 3. The number of amidine groups is 1. The van der Waals surface area contributed by atoms with E-state index >= 15 is 0 Å².